The van der Waals surface area contributed by atoms with Gasteiger partial charge in [-0.2, -0.15) is 4.98 Å². The van der Waals surface area contributed by atoms with Crippen molar-refractivity contribution < 1.29 is 9.63 Å². The van der Waals surface area contributed by atoms with Gasteiger partial charge in [-0.05, 0) is 31.4 Å². The number of nitrogens with one attached hydrogen (secondary N) is 1. The van der Waals surface area contributed by atoms with Crippen molar-refractivity contribution in [2.45, 2.75) is 45.3 Å². The molecule has 0 amide bonds. The average Bonchev–Trinajstić information content (AvgIpc) is 3.02. The van der Waals surface area contributed by atoms with Crippen LogP contribution in [0.3, 0.4) is 0 Å². The van der Waals surface area contributed by atoms with E-state index in [4.69, 9.17) is 4.52 Å². The molecule has 1 saturated heterocycles. The molecule has 1 fully saturated rings. The predicted molar refractivity (Wildman–Crippen MR) is 89.5 cm³/mol. The van der Waals surface area contributed by atoms with Gasteiger partial charge in [0.15, 0.2) is 5.82 Å². The molecule has 6 nitrogen and oxygen atoms in total. The number of hydrogen-bond donors (Lipinski definition) is 2. The van der Waals surface area contributed by atoms with Crippen LogP contribution in [0.5, 0.6) is 0 Å². The molecule has 0 radical (unpaired) electrons. The minimum Gasteiger partial charge on any atom is -0.393 e. The van der Waals surface area contributed by atoms with Gasteiger partial charge in [0.2, 0.25) is 5.89 Å². The quantitative estimate of drug-likeness (QED) is 0.853. The second-order valence-electron chi connectivity index (χ2n) is 5.94. The van der Waals surface area contributed by atoms with E-state index in [-0.39, 0.29) is 6.10 Å². The lowest BCUT2D eigenvalue weighted by atomic mass is 10.1. The van der Waals surface area contributed by atoms with Gasteiger partial charge in [0.25, 0.3) is 0 Å². The zero-order chi connectivity index (χ0) is 16.1. The lowest BCUT2D eigenvalue weighted by Gasteiger charge is -2.32. The Hall–Kier alpha value is -2.08. The molecule has 124 valence electrons. The van der Waals surface area contributed by atoms with E-state index in [2.05, 4.69) is 39.4 Å². The van der Waals surface area contributed by atoms with Crippen LogP contribution >= 0.6 is 0 Å². The highest BCUT2D eigenvalue weighted by Gasteiger charge is 2.19. The van der Waals surface area contributed by atoms with Gasteiger partial charge in [-0.25, -0.2) is 0 Å². The fraction of sp³-hybridized carbons (Fsp3) is 0.529. The van der Waals surface area contributed by atoms with Crippen molar-refractivity contribution in [3.05, 3.63) is 36.0 Å². The number of nitrogens with zero attached hydrogens (tertiary/aromatic N) is 3. The van der Waals surface area contributed by atoms with Crippen molar-refractivity contribution in [2.75, 3.05) is 23.3 Å². The van der Waals surface area contributed by atoms with E-state index < -0.39 is 0 Å². The van der Waals surface area contributed by atoms with Crippen LogP contribution in [-0.4, -0.2) is 34.4 Å². The Morgan fingerprint density at radius 3 is 2.87 bits per heavy atom. The maximum absolute atomic E-state index is 9.67. The molecule has 0 unspecified atom stereocenters. The molecule has 0 saturated carbocycles. The highest BCUT2D eigenvalue weighted by atomic mass is 16.5. The Kier molecular flexibility index (Phi) is 5.12. The summed E-state index contributed by atoms with van der Waals surface area (Å²) in [5, 5.41) is 17.0. The number of aliphatic hydroxyl groups is 1. The Labute approximate surface area is 136 Å². The molecule has 0 aliphatic carbocycles. The van der Waals surface area contributed by atoms with Crippen molar-refractivity contribution in [3.63, 3.8) is 0 Å². The summed E-state index contributed by atoms with van der Waals surface area (Å²) >= 11 is 0. The monoisotopic (exact) mass is 316 g/mol. The first-order chi connectivity index (χ1) is 11.3. The lowest BCUT2D eigenvalue weighted by Crippen LogP contribution is -2.36. The number of rotatable bonds is 6. The van der Waals surface area contributed by atoms with Crippen LogP contribution in [0.1, 0.15) is 37.9 Å². The summed E-state index contributed by atoms with van der Waals surface area (Å²) < 4.78 is 5.27. The number of para-hydroxylation sites is 2. The topological polar surface area (TPSA) is 74.4 Å². The van der Waals surface area contributed by atoms with Crippen LogP contribution in [0.4, 0.5) is 11.4 Å². The zero-order valence-corrected chi connectivity index (χ0v) is 13.5. The number of hydrogen-bond acceptors (Lipinski definition) is 6. The molecule has 0 atom stereocenters. The van der Waals surface area contributed by atoms with Crippen LogP contribution in [0, 0.1) is 0 Å². The summed E-state index contributed by atoms with van der Waals surface area (Å²) in [6.45, 7) is 4.37. The first-order valence-corrected chi connectivity index (χ1v) is 8.33. The van der Waals surface area contributed by atoms with Gasteiger partial charge in [0.05, 0.1) is 24.0 Å². The van der Waals surface area contributed by atoms with Gasteiger partial charge >= 0.3 is 0 Å². The molecule has 2 N–H and O–H groups in total. The SMILES string of the molecule is CCCc1noc(CNc2ccccc2N2CCC(O)CC2)n1. The minimum absolute atomic E-state index is 0.165. The molecule has 3 rings (SSSR count). The number of benzene rings is 1. The van der Waals surface area contributed by atoms with Crippen LogP contribution in [0.2, 0.25) is 0 Å². The third kappa shape index (κ3) is 4.01. The molecule has 1 aromatic heterocycles. The van der Waals surface area contributed by atoms with Gasteiger partial charge in [0, 0.05) is 19.5 Å². The molecule has 2 heterocycles. The summed E-state index contributed by atoms with van der Waals surface area (Å²) in [5.41, 5.74) is 2.21. The Bertz CT molecular complexity index is 621. The van der Waals surface area contributed by atoms with Crippen molar-refractivity contribution in [1.82, 2.24) is 10.1 Å². The lowest BCUT2D eigenvalue weighted by molar-refractivity contribution is 0.145. The zero-order valence-electron chi connectivity index (χ0n) is 13.5. The van der Waals surface area contributed by atoms with E-state index in [1.54, 1.807) is 0 Å². The molecule has 1 aliphatic heterocycles. The Morgan fingerprint density at radius 2 is 2.09 bits per heavy atom. The van der Waals surface area contributed by atoms with Crippen molar-refractivity contribution in [1.29, 1.82) is 0 Å². The van der Waals surface area contributed by atoms with Crippen LogP contribution in [0.25, 0.3) is 0 Å². The van der Waals surface area contributed by atoms with Gasteiger partial charge in [-0.15, -0.1) is 0 Å². The number of anilines is 2. The number of aliphatic hydroxyl groups excluding tert-OH is 1. The van der Waals surface area contributed by atoms with E-state index in [0.717, 1.165) is 56.0 Å². The van der Waals surface area contributed by atoms with E-state index in [1.807, 2.05) is 12.1 Å². The molecular formula is C17H24N4O2. The van der Waals surface area contributed by atoms with E-state index in [1.165, 1.54) is 0 Å². The van der Waals surface area contributed by atoms with Crippen LogP contribution in [-0.2, 0) is 13.0 Å². The number of aryl methyl sites for hydroxylation is 1. The molecule has 2 aromatic rings. The van der Waals surface area contributed by atoms with Gasteiger partial charge < -0.3 is 19.8 Å². The highest BCUT2D eigenvalue weighted by Crippen LogP contribution is 2.28. The van der Waals surface area contributed by atoms with Crippen LogP contribution in [0.15, 0.2) is 28.8 Å². The van der Waals surface area contributed by atoms with Gasteiger partial charge in [0.1, 0.15) is 0 Å². The Balaban J connectivity index is 1.65. The minimum atomic E-state index is -0.165. The summed E-state index contributed by atoms with van der Waals surface area (Å²) in [6, 6.07) is 8.22. The second kappa shape index (κ2) is 7.46. The molecule has 23 heavy (non-hydrogen) atoms. The fourth-order valence-corrected chi connectivity index (χ4v) is 2.86. The third-order valence-electron chi connectivity index (χ3n) is 4.12. The van der Waals surface area contributed by atoms with E-state index in [0.29, 0.717) is 12.4 Å². The maximum atomic E-state index is 9.67. The fourth-order valence-electron chi connectivity index (χ4n) is 2.86. The predicted octanol–water partition coefficient (Wildman–Crippen LogP) is 2.60. The summed E-state index contributed by atoms with van der Waals surface area (Å²) in [4.78, 5) is 6.69. The van der Waals surface area contributed by atoms with E-state index >= 15 is 0 Å². The number of aromatic nitrogens is 2. The highest BCUT2D eigenvalue weighted by molar-refractivity contribution is 5.70. The summed E-state index contributed by atoms with van der Waals surface area (Å²) in [6.07, 6.45) is 3.32. The third-order valence-corrected chi connectivity index (χ3v) is 4.12. The van der Waals surface area contributed by atoms with Gasteiger partial charge in [-0.1, -0.05) is 24.2 Å². The van der Waals surface area contributed by atoms with Gasteiger partial charge in [-0.3, -0.25) is 0 Å². The normalized spacial score (nSPS) is 15.8. The Morgan fingerprint density at radius 1 is 1.30 bits per heavy atom. The molecule has 1 aromatic carbocycles. The molecule has 0 bridgehead atoms. The standard InChI is InChI=1S/C17H24N4O2/c1-2-5-16-19-17(23-20-16)12-18-14-6-3-4-7-15(14)21-10-8-13(22)9-11-21/h3-4,6-7,13,18,22H,2,5,8-12H2,1H3. The van der Waals surface area contributed by atoms with Crippen molar-refractivity contribution >= 4 is 11.4 Å². The second-order valence-corrected chi connectivity index (χ2v) is 5.94. The van der Waals surface area contributed by atoms with Crippen molar-refractivity contribution in [2.24, 2.45) is 0 Å². The molecule has 0 spiro atoms. The molecular weight excluding hydrogens is 292 g/mol. The number of piperidine rings is 1. The first kappa shape index (κ1) is 15.8. The van der Waals surface area contributed by atoms with E-state index in [9.17, 15) is 5.11 Å². The summed E-state index contributed by atoms with van der Waals surface area (Å²) in [5.74, 6) is 1.37. The largest absolute Gasteiger partial charge is 0.393 e. The average molecular weight is 316 g/mol. The summed E-state index contributed by atoms with van der Waals surface area (Å²) in [7, 11) is 0. The maximum Gasteiger partial charge on any atom is 0.245 e. The van der Waals surface area contributed by atoms with Crippen LogP contribution < -0.4 is 10.2 Å². The molecule has 6 heteroatoms. The molecule has 1 aliphatic rings. The smallest absolute Gasteiger partial charge is 0.245 e. The first-order valence-electron chi connectivity index (χ1n) is 8.33. The van der Waals surface area contributed by atoms with Crippen molar-refractivity contribution in [3.8, 4) is 0 Å².